The van der Waals surface area contributed by atoms with Gasteiger partial charge in [0.1, 0.15) is 6.54 Å². The van der Waals surface area contributed by atoms with Gasteiger partial charge in [0.15, 0.2) is 5.43 Å². The summed E-state index contributed by atoms with van der Waals surface area (Å²) in [6, 6.07) is 22.8. The van der Waals surface area contributed by atoms with E-state index in [1.54, 1.807) is 0 Å². The van der Waals surface area contributed by atoms with Crippen molar-refractivity contribution in [2.24, 2.45) is 0 Å². The summed E-state index contributed by atoms with van der Waals surface area (Å²) in [5.41, 5.74) is 2.60. The lowest BCUT2D eigenvalue weighted by Gasteiger charge is -2.20. The average molecular weight is 449 g/mol. The standard InChI is InChI=1S/C24H21BrN2O2/c1-2-20(16-11-13-17(25)14-12-16)26-23(28)15-27-21-9-5-3-7-18(21)24(29)19-8-4-6-10-22(19)27/h3-14,20H,2,15H2,1H3,(H,26,28). The van der Waals surface area contributed by atoms with Crippen LogP contribution < -0.4 is 10.7 Å². The van der Waals surface area contributed by atoms with Crippen LogP contribution in [0.4, 0.5) is 0 Å². The van der Waals surface area contributed by atoms with Crippen molar-refractivity contribution < 1.29 is 4.79 Å². The minimum absolute atomic E-state index is 0.00541. The van der Waals surface area contributed by atoms with Crippen LogP contribution in [0.3, 0.4) is 0 Å². The Labute approximate surface area is 177 Å². The zero-order valence-electron chi connectivity index (χ0n) is 16.1. The number of amides is 1. The van der Waals surface area contributed by atoms with Crippen molar-refractivity contribution in [1.82, 2.24) is 9.88 Å². The normalized spacial score (nSPS) is 12.2. The molecule has 4 nitrogen and oxygen atoms in total. The first-order valence-corrected chi connectivity index (χ1v) is 10.4. The van der Waals surface area contributed by atoms with Gasteiger partial charge in [-0.25, -0.2) is 0 Å². The number of halogens is 1. The maximum atomic E-state index is 13.0. The molecule has 0 aliphatic heterocycles. The van der Waals surface area contributed by atoms with Gasteiger partial charge in [0.2, 0.25) is 5.91 Å². The van der Waals surface area contributed by atoms with Gasteiger partial charge in [-0.05, 0) is 48.4 Å². The predicted octanol–water partition coefficient (Wildman–Crippen LogP) is 5.18. The molecular weight excluding hydrogens is 428 g/mol. The zero-order chi connectivity index (χ0) is 20.4. The van der Waals surface area contributed by atoms with E-state index in [2.05, 4.69) is 28.2 Å². The van der Waals surface area contributed by atoms with Gasteiger partial charge in [-0.3, -0.25) is 9.59 Å². The Balaban J connectivity index is 1.71. The second-order valence-electron chi connectivity index (χ2n) is 7.03. The molecule has 0 bridgehead atoms. The number of benzene rings is 3. The van der Waals surface area contributed by atoms with Crippen molar-refractivity contribution in [3.05, 3.63) is 93.1 Å². The van der Waals surface area contributed by atoms with Crippen LogP contribution >= 0.6 is 15.9 Å². The van der Waals surface area contributed by atoms with E-state index < -0.39 is 0 Å². The van der Waals surface area contributed by atoms with Crippen LogP contribution in [0.15, 0.2) is 82.1 Å². The largest absolute Gasteiger partial charge is 0.348 e. The fourth-order valence-electron chi connectivity index (χ4n) is 3.75. The van der Waals surface area contributed by atoms with Crippen molar-refractivity contribution in [2.45, 2.75) is 25.9 Å². The molecule has 0 aliphatic carbocycles. The number of nitrogens with zero attached hydrogens (tertiary/aromatic N) is 1. The first-order chi connectivity index (χ1) is 14.1. The van der Waals surface area contributed by atoms with E-state index in [4.69, 9.17) is 0 Å². The number of pyridine rings is 1. The highest BCUT2D eigenvalue weighted by Crippen LogP contribution is 2.21. The summed E-state index contributed by atoms with van der Waals surface area (Å²) >= 11 is 3.45. The second-order valence-corrected chi connectivity index (χ2v) is 7.95. The molecule has 1 aromatic heterocycles. The van der Waals surface area contributed by atoms with Gasteiger partial charge >= 0.3 is 0 Å². The van der Waals surface area contributed by atoms with E-state index in [1.165, 1.54) is 0 Å². The molecule has 1 heterocycles. The summed E-state index contributed by atoms with van der Waals surface area (Å²) in [4.78, 5) is 25.8. The van der Waals surface area contributed by atoms with Gasteiger partial charge < -0.3 is 9.88 Å². The van der Waals surface area contributed by atoms with E-state index in [-0.39, 0.29) is 23.9 Å². The van der Waals surface area contributed by atoms with Crippen molar-refractivity contribution in [3.63, 3.8) is 0 Å². The molecule has 1 atom stereocenters. The van der Waals surface area contributed by atoms with Gasteiger partial charge in [-0.15, -0.1) is 0 Å². The fraction of sp³-hybridized carbons (Fsp3) is 0.167. The molecule has 4 aromatic rings. The predicted molar refractivity (Wildman–Crippen MR) is 121 cm³/mol. The van der Waals surface area contributed by atoms with E-state index in [0.717, 1.165) is 27.5 Å². The van der Waals surface area contributed by atoms with E-state index in [9.17, 15) is 9.59 Å². The summed E-state index contributed by atoms with van der Waals surface area (Å²) in [6.45, 7) is 2.20. The topological polar surface area (TPSA) is 51.1 Å². The molecule has 1 amide bonds. The minimum Gasteiger partial charge on any atom is -0.348 e. The van der Waals surface area contributed by atoms with Crippen LogP contribution in [0.1, 0.15) is 24.9 Å². The number of rotatable bonds is 5. The average Bonchev–Trinajstić information content (AvgIpc) is 2.75. The number of para-hydroxylation sites is 2. The molecule has 4 rings (SSSR count). The number of carbonyl (C=O) groups is 1. The highest BCUT2D eigenvalue weighted by Gasteiger charge is 2.16. The number of nitrogens with one attached hydrogen (secondary N) is 1. The van der Waals surface area contributed by atoms with Crippen LogP contribution in [0.2, 0.25) is 0 Å². The van der Waals surface area contributed by atoms with Crippen molar-refractivity contribution in [2.75, 3.05) is 0 Å². The molecular formula is C24H21BrN2O2. The molecule has 0 saturated carbocycles. The van der Waals surface area contributed by atoms with Crippen LogP contribution in [-0.4, -0.2) is 10.5 Å². The molecule has 0 saturated heterocycles. The number of hydrogen-bond acceptors (Lipinski definition) is 2. The Hall–Kier alpha value is -2.92. The highest BCUT2D eigenvalue weighted by atomic mass is 79.9. The Morgan fingerprint density at radius 2 is 1.48 bits per heavy atom. The van der Waals surface area contributed by atoms with E-state index in [1.807, 2.05) is 77.4 Å². The lowest BCUT2D eigenvalue weighted by Crippen LogP contribution is -2.32. The fourth-order valence-corrected chi connectivity index (χ4v) is 4.01. The van der Waals surface area contributed by atoms with Gasteiger partial charge in [0.05, 0.1) is 17.1 Å². The van der Waals surface area contributed by atoms with E-state index >= 15 is 0 Å². The molecule has 0 spiro atoms. The summed E-state index contributed by atoms with van der Waals surface area (Å²) in [6.07, 6.45) is 0.791. The Morgan fingerprint density at radius 1 is 0.931 bits per heavy atom. The molecule has 5 heteroatoms. The lowest BCUT2D eigenvalue weighted by atomic mass is 10.0. The van der Waals surface area contributed by atoms with Crippen molar-refractivity contribution >= 4 is 43.6 Å². The second kappa shape index (κ2) is 8.21. The van der Waals surface area contributed by atoms with Gasteiger partial charge in [-0.2, -0.15) is 0 Å². The quantitative estimate of drug-likeness (QED) is 0.427. The number of fused-ring (bicyclic) bond motifs is 2. The molecule has 0 aliphatic rings. The Kier molecular flexibility index (Phi) is 5.49. The van der Waals surface area contributed by atoms with Crippen molar-refractivity contribution in [1.29, 1.82) is 0 Å². The maximum absolute atomic E-state index is 13.0. The summed E-state index contributed by atoms with van der Waals surface area (Å²) in [7, 11) is 0. The molecule has 1 N–H and O–H groups in total. The van der Waals surface area contributed by atoms with Crippen molar-refractivity contribution in [3.8, 4) is 0 Å². The smallest absolute Gasteiger partial charge is 0.240 e. The van der Waals surface area contributed by atoms with Crippen LogP contribution in [0.25, 0.3) is 21.8 Å². The molecule has 1 unspecified atom stereocenters. The van der Waals surface area contributed by atoms with Gasteiger partial charge in [0, 0.05) is 15.2 Å². The van der Waals surface area contributed by atoms with E-state index in [0.29, 0.717) is 10.8 Å². The summed E-state index contributed by atoms with van der Waals surface area (Å²) in [5, 5.41) is 4.39. The maximum Gasteiger partial charge on any atom is 0.240 e. The monoisotopic (exact) mass is 448 g/mol. The number of aromatic nitrogens is 1. The highest BCUT2D eigenvalue weighted by molar-refractivity contribution is 9.10. The number of carbonyl (C=O) groups excluding carboxylic acids is 1. The van der Waals surface area contributed by atoms with Crippen LogP contribution in [-0.2, 0) is 11.3 Å². The minimum atomic E-state index is -0.0845. The molecule has 0 radical (unpaired) electrons. The SMILES string of the molecule is CCC(NC(=O)Cn1c2ccccc2c(=O)c2ccccc21)c1ccc(Br)cc1. The molecule has 3 aromatic carbocycles. The lowest BCUT2D eigenvalue weighted by molar-refractivity contribution is -0.122. The molecule has 29 heavy (non-hydrogen) atoms. The first kappa shape index (κ1) is 19.4. The molecule has 146 valence electrons. The first-order valence-electron chi connectivity index (χ1n) is 9.63. The third kappa shape index (κ3) is 3.83. The Bertz CT molecular complexity index is 1190. The number of hydrogen-bond donors (Lipinski definition) is 1. The van der Waals surface area contributed by atoms with Crippen LogP contribution in [0.5, 0.6) is 0 Å². The Morgan fingerprint density at radius 3 is 2.03 bits per heavy atom. The summed E-state index contributed by atoms with van der Waals surface area (Å²) < 4.78 is 2.93. The van der Waals surface area contributed by atoms with Gasteiger partial charge in [0.25, 0.3) is 0 Å². The third-order valence-electron chi connectivity index (χ3n) is 5.20. The molecule has 0 fully saturated rings. The van der Waals surface area contributed by atoms with Gasteiger partial charge in [-0.1, -0.05) is 59.3 Å². The summed E-state index contributed by atoms with van der Waals surface area (Å²) in [5.74, 6) is -0.0845. The zero-order valence-corrected chi connectivity index (χ0v) is 17.6. The third-order valence-corrected chi connectivity index (χ3v) is 5.73. The van der Waals surface area contributed by atoms with Crippen LogP contribution in [0, 0.1) is 0 Å².